The van der Waals surface area contributed by atoms with Gasteiger partial charge in [0.1, 0.15) is 23.4 Å². The highest BCUT2D eigenvalue weighted by Crippen LogP contribution is 2.45. The van der Waals surface area contributed by atoms with Crippen LogP contribution in [0.1, 0.15) is 64.4 Å². The largest absolute Gasteiger partial charge is 0.497 e. The molecule has 4 rings (SSSR count). The predicted molar refractivity (Wildman–Crippen MR) is 148 cm³/mol. The van der Waals surface area contributed by atoms with E-state index in [4.69, 9.17) is 9.47 Å². The van der Waals surface area contributed by atoms with Crippen molar-refractivity contribution < 1.29 is 42.5 Å². The van der Waals surface area contributed by atoms with Gasteiger partial charge in [0.25, 0.3) is 0 Å². The molecule has 4 atom stereocenters. The van der Waals surface area contributed by atoms with Crippen LogP contribution in [0.4, 0.5) is 8.78 Å². The van der Waals surface area contributed by atoms with Crippen LogP contribution in [-0.4, -0.2) is 78.1 Å². The predicted octanol–water partition coefficient (Wildman–Crippen LogP) is 2.06. The van der Waals surface area contributed by atoms with Crippen molar-refractivity contribution in [3.63, 3.8) is 0 Å². The van der Waals surface area contributed by atoms with E-state index in [0.717, 1.165) is 0 Å². The number of methoxy groups -OCH3 is 1. The first-order chi connectivity index (χ1) is 19.8. The van der Waals surface area contributed by atoms with Gasteiger partial charge in [-0.05, 0) is 69.6 Å². The number of rotatable bonds is 13. The van der Waals surface area contributed by atoms with E-state index in [-0.39, 0.29) is 49.9 Å². The van der Waals surface area contributed by atoms with Gasteiger partial charge in [-0.3, -0.25) is 19.2 Å². The Labute approximate surface area is 244 Å². The van der Waals surface area contributed by atoms with Crippen LogP contribution in [0.3, 0.4) is 0 Å². The molecule has 3 amide bonds. The summed E-state index contributed by atoms with van der Waals surface area (Å²) < 4.78 is 37.5. The van der Waals surface area contributed by atoms with Gasteiger partial charge in [-0.15, -0.1) is 0 Å². The highest BCUT2D eigenvalue weighted by Gasteiger charge is 2.53. The number of ketones is 1. The molecule has 12 heteroatoms. The molecule has 0 radical (unpaired) electrons. The number of aliphatic hydroxyl groups excluding tert-OH is 1. The van der Waals surface area contributed by atoms with Gasteiger partial charge in [0, 0.05) is 25.2 Å². The minimum absolute atomic E-state index is 0.0465. The van der Waals surface area contributed by atoms with Gasteiger partial charge in [-0.25, -0.2) is 8.78 Å². The molecule has 1 aromatic rings. The molecule has 42 heavy (non-hydrogen) atoms. The van der Waals surface area contributed by atoms with E-state index in [0.29, 0.717) is 37.0 Å². The maximum absolute atomic E-state index is 13.6. The van der Waals surface area contributed by atoms with E-state index < -0.39 is 53.5 Å². The van der Waals surface area contributed by atoms with Gasteiger partial charge in [0.15, 0.2) is 5.78 Å². The van der Waals surface area contributed by atoms with E-state index in [9.17, 15) is 33.1 Å². The number of carbonyl (C=O) groups is 4. The van der Waals surface area contributed by atoms with Crippen molar-refractivity contribution in [2.24, 2.45) is 11.8 Å². The average Bonchev–Trinajstić information content (AvgIpc) is 3.69. The Hall–Kier alpha value is -3.12. The summed E-state index contributed by atoms with van der Waals surface area (Å²) in [6.07, 6.45) is 1.07. The van der Waals surface area contributed by atoms with E-state index in [1.54, 1.807) is 31.2 Å². The molecule has 232 valence electrons. The summed E-state index contributed by atoms with van der Waals surface area (Å²) in [5.41, 5.74) is -0.375. The van der Waals surface area contributed by atoms with E-state index in [1.807, 2.05) is 0 Å². The number of hydrogen-bond donors (Lipinski definition) is 4. The van der Waals surface area contributed by atoms with Crippen LogP contribution < -0.4 is 20.7 Å². The Morgan fingerprint density at radius 2 is 1.60 bits per heavy atom. The van der Waals surface area contributed by atoms with Crippen LogP contribution in [-0.2, 0) is 30.3 Å². The molecule has 1 heterocycles. The molecule has 4 N–H and O–H groups in total. The number of ether oxygens (including phenoxy) is 2. The van der Waals surface area contributed by atoms with Gasteiger partial charge in [-0.2, -0.15) is 0 Å². The van der Waals surface area contributed by atoms with Crippen molar-refractivity contribution in [3.8, 4) is 5.75 Å². The third kappa shape index (κ3) is 8.25. The molecule has 2 aliphatic carbocycles. The molecular weight excluding hydrogens is 552 g/mol. The smallest absolute Gasteiger partial charge is 0.248 e. The van der Waals surface area contributed by atoms with Crippen LogP contribution in [0, 0.1) is 11.8 Å². The van der Waals surface area contributed by atoms with Crippen LogP contribution >= 0.6 is 0 Å². The first-order valence-electron chi connectivity index (χ1n) is 14.6. The number of aliphatic hydroxyl groups is 1. The summed E-state index contributed by atoms with van der Waals surface area (Å²) in [4.78, 5) is 52.7. The number of epoxide rings is 1. The Bertz CT molecular complexity index is 1140. The van der Waals surface area contributed by atoms with E-state index in [2.05, 4.69) is 16.0 Å². The van der Waals surface area contributed by atoms with Crippen LogP contribution in [0.15, 0.2) is 24.3 Å². The van der Waals surface area contributed by atoms with Crippen LogP contribution in [0.25, 0.3) is 0 Å². The maximum atomic E-state index is 13.6. The standard InChI is InChI=1S/C30H41F2N3O7/c1-17(33-27(39)20-6-8-21(36)9-7-20)26(38)35-24(12-18-4-10-22(41-3)11-5-18)28(40)34-23(25(37)29(2)16-42-29)13-19-14-30(31,32)15-19/h4-5,10-11,17,19-21,23-24,36H,6-9,12-16H2,1-3H3,(H,33,39)(H,34,40)(H,35,38). The number of amides is 3. The number of carbonyl (C=O) groups excluding carboxylic acids is 4. The number of nitrogens with one attached hydrogen (secondary N) is 3. The summed E-state index contributed by atoms with van der Waals surface area (Å²) in [5, 5.41) is 17.8. The Balaban J connectivity index is 1.45. The quantitative estimate of drug-likeness (QED) is 0.256. The molecule has 0 aromatic heterocycles. The van der Waals surface area contributed by atoms with Crippen LogP contribution in [0.5, 0.6) is 5.75 Å². The monoisotopic (exact) mass is 593 g/mol. The molecule has 3 fully saturated rings. The molecule has 1 aromatic carbocycles. The molecule has 3 aliphatic rings. The third-order valence-corrected chi connectivity index (χ3v) is 8.53. The zero-order valence-electron chi connectivity index (χ0n) is 24.3. The zero-order valence-corrected chi connectivity index (χ0v) is 24.3. The highest BCUT2D eigenvalue weighted by molar-refractivity contribution is 5.98. The Morgan fingerprint density at radius 3 is 2.14 bits per heavy atom. The van der Waals surface area contributed by atoms with Crippen molar-refractivity contribution in [3.05, 3.63) is 29.8 Å². The molecule has 0 spiro atoms. The summed E-state index contributed by atoms with van der Waals surface area (Å²) in [6.45, 7) is 3.29. The molecule has 1 aliphatic heterocycles. The fourth-order valence-electron chi connectivity index (χ4n) is 5.65. The molecular formula is C30H41F2N3O7. The maximum Gasteiger partial charge on any atom is 0.248 e. The summed E-state index contributed by atoms with van der Waals surface area (Å²) >= 11 is 0. The van der Waals surface area contributed by atoms with Gasteiger partial charge in [0.05, 0.1) is 25.9 Å². The zero-order chi connectivity index (χ0) is 30.7. The van der Waals surface area contributed by atoms with Crippen molar-refractivity contribution in [2.75, 3.05) is 13.7 Å². The second-order valence-corrected chi connectivity index (χ2v) is 12.2. The van der Waals surface area contributed by atoms with Gasteiger partial charge in [0.2, 0.25) is 23.6 Å². The van der Waals surface area contributed by atoms with Crippen molar-refractivity contribution >= 4 is 23.5 Å². The fourth-order valence-corrected chi connectivity index (χ4v) is 5.65. The lowest BCUT2D eigenvalue weighted by molar-refractivity contribution is -0.137. The SMILES string of the molecule is COc1ccc(CC(NC(=O)C(C)NC(=O)C2CCC(O)CC2)C(=O)NC(CC2CC(F)(F)C2)C(=O)C2(C)CO2)cc1. The second kappa shape index (κ2) is 13.0. The number of halogens is 2. The fraction of sp³-hybridized carbons (Fsp3) is 0.667. The van der Waals surface area contributed by atoms with Gasteiger partial charge >= 0.3 is 0 Å². The van der Waals surface area contributed by atoms with Crippen molar-refractivity contribution in [1.29, 1.82) is 0 Å². The Morgan fingerprint density at radius 1 is 1.00 bits per heavy atom. The second-order valence-electron chi connectivity index (χ2n) is 12.2. The highest BCUT2D eigenvalue weighted by atomic mass is 19.3. The first-order valence-corrected chi connectivity index (χ1v) is 14.6. The number of hydrogen-bond acceptors (Lipinski definition) is 7. The summed E-state index contributed by atoms with van der Waals surface area (Å²) in [6, 6.07) is 3.78. The van der Waals surface area contributed by atoms with Gasteiger partial charge in [-0.1, -0.05) is 12.1 Å². The summed E-state index contributed by atoms with van der Waals surface area (Å²) in [5.74, 6) is -4.82. The van der Waals surface area contributed by atoms with E-state index >= 15 is 0 Å². The molecule has 2 saturated carbocycles. The van der Waals surface area contributed by atoms with Crippen LogP contribution in [0.2, 0.25) is 0 Å². The topological polar surface area (TPSA) is 146 Å². The number of benzene rings is 1. The molecule has 10 nitrogen and oxygen atoms in total. The molecule has 1 saturated heterocycles. The van der Waals surface area contributed by atoms with Crippen molar-refractivity contribution in [1.82, 2.24) is 16.0 Å². The third-order valence-electron chi connectivity index (χ3n) is 8.53. The van der Waals surface area contributed by atoms with Gasteiger partial charge < -0.3 is 30.5 Å². The lowest BCUT2D eigenvalue weighted by Crippen LogP contribution is -2.57. The lowest BCUT2D eigenvalue weighted by Gasteiger charge is -2.37. The molecule has 0 bridgehead atoms. The average molecular weight is 594 g/mol. The number of Topliss-reactive ketones (excluding diaryl/α,β-unsaturated/α-hetero) is 1. The first kappa shape index (κ1) is 31.8. The minimum atomic E-state index is -2.77. The normalized spacial score (nSPS) is 27.0. The Kier molecular flexibility index (Phi) is 9.87. The lowest BCUT2D eigenvalue weighted by atomic mass is 9.76. The summed E-state index contributed by atoms with van der Waals surface area (Å²) in [7, 11) is 1.52. The molecule has 4 unspecified atom stereocenters. The number of alkyl halides is 2. The minimum Gasteiger partial charge on any atom is -0.497 e. The van der Waals surface area contributed by atoms with Crippen molar-refractivity contribution in [2.45, 2.75) is 101 Å². The van der Waals surface area contributed by atoms with E-state index in [1.165, 1.54) is 14.0 Å².